The van der Waals surface area contributed by atoms with Gasteiger partial charge in [-0.2, -0.15) is 4.80 Å². The zero-order valence-corrected chi connectivity index (χ0v) is 13.7. The molecule has 2 heterocycles. The number of nitrogens with zero attached hydrogens (tertiary/aromatic N) is 4. The summed E-state index contributed by atoms with van der Waals surface area (Å²) < 4.78 is 12.0. The molecule has 1 aromatic heterocycles. The van der Waals surface area contributed by atoms with Crippen LogP contribution < -0.4 is 9.47 Å². The normalized spacial score (nSPS) is 19.0. The lowest BCUT2D eigenvalue weighted by Crippen LogP contribution is -2.43. The van der Waals surface area contributed by atoms with Crippen LogP contribution in [-0.4, -0.2) is 31.6 Å². The number of aryl methyl sites for hydroxylation is 1. The third-order valence-corrected chi connectivity index (χ3v) is 4.75. The maximum Gasteiger partial charge on any atom is 0.212 e. The maximum atomic E-state index is 12.5. The number of tetrazole rings is 1. The molecule has 1 spiro atoms. The number of hydrogen-bond donors (Lipinski definition) is 0. The fourth-order valence-corrected chi connectivity index (χ4v) is 3.57. The molecule has 0 bridgehead atoms. The molecule has 1 aromatic carbocycles. The molecule has 1 aliphatic heterocycles. The van der Waals surface area contributed by atoms with Crippen molar-refractivity contribution in [2.45, 2.75) is 50.7 Å². The minimum atomic E-state index is -0.312. The highest BCUT2D eigenvalue weighted by atomic mass is 16.5. The van der Waals surface area contributed by atoms with E-state index in [-0.39, 0.29) is 18.0 Å². The predicted molar refractivity (Wildman–Crippen MR) is 85.0 cm³/mol. The van der Waals surface area contributed by atoms with Gasteiger partial charge in [0, 0.05) is 6.07 Å². The summed E-state index contributed by atoms with van der Waals surface area (Å²) in [6, 6.07) is 5.38. The van der Waals surface area contributed by atoms with Crippen molar-refractivity contribution in [2.24, 2.45) is 7.05 Å². The van der Waals surface area contributed by atoms with Gasteiger partial charge < -0.3 is 9.47 Å². The smallest absolute Gasteiger partial charge is 0.212 e. The third kappa shape index (κ3) is 2.86. The standard InChI is InChI=1S/C17H20N4O3/c1-21-19-16(18-20-21)11-23-12-5-6-13-14(22)10-17(24-15(13)9-12)7-3-2-4-8-17/h5-6,9H,2-4,7-8,10-11H2,1H3. The molecular formula is C17H20N4O3. The van der Waals surface area contributed by atoms with Gasteiger partial charge in [-0.1, -0.05) is 6.42 Å². The molecule has 0 radical (unpaired) electrons. The van der Waals surface area contributed by atoms with Crippen LogP contribution in [0.3, 0.4) is 0 Å². The second-order valence-corrected chi connectivity index (χ2v) is 6.59. The van der Waals surface area contributed by atoms with E-state index >= 15 is 0 Å². The number of carbonyl (C=O) groups is 1. The monoisotopic (exact) mass is 328 g/mol. The first kappa shape index (κ1) is 15.1. The molecule has 126 valence electrons. The van der Waals surface area contributed by atoms with E-state index in [4.69, 9.17) is 9.47 Å². The van der Waals surface area contributed by atoms with Crippen molar-refractivity contribution in [3.05, 3.63) is 29.6 Å². The van der Waals surface area contributed by atoms with Crippen molar-refractivity contribution in [3.8, 4) is 11.5 Å². The second-order valence-electron chi connectivity index (χ2n) is 6.59. The minimum absolute atomic E-state index is 0.167. The van der Waals surface area contributed by atoms with Crippen molar-refractivity contribution < 1.29 is 14.3 Å². The van der Waals surface area contributed by atoms with Crippen LogP contribution in [0.4, 0.5) is 0 Å². The van der Waals surface area contributed by atoms with E-state index < -0.39 is 0 Å². The van der Waals surface area contributed by atoms with Crippen molar-refractivity contribution in [1.82, 2.24) is 20.2 Å². The van der Waals surface area contributed by atoms with Gasteiger partial charge in [-0.25, -0.2) is 0 Å². The number of aromatic nitrogens is 4. The quantitative estimate of drug-likeness (QED) is 0.861. The van der Waals surface area contributed by atoms with Crippen LogP contribution in [-0.2, 0) is 13.7 Å². The Morgan fingerprint density at radius 1 is 1.29 bits per heavy atom. The Morgan fingerprint density at radius 3 is 2.88 bits per heavy atom. The predicted octanol–water partition coefficient (Wildman–Crippen LogP) is 2.46. The lowest BCUT2D eigenvalue weighted by Gasteiger charge is -2.40. The van der Waals surface area contributed by atoms with Gasteiger partial charge >= 0.3 is 0 Å². The molecule has 1 fully saturated rings. The Morgan fingerprint density at radius 2 is 2.12 bits per heavy atom. The molecule has 2 aliphatic rings. The molecule has 2 aromatic rings. The molecule has 24 heavy (non-hydrogen) atoms. The molecule has 7 nitrogen and oxygen atoms in total. The topological polar surface area (TPSA) is 79.1 Å². The number of Topliss-reactive ketones (excluding diaryl/α,β-unsaturated/α-hetero) is 1. The summed E-state index contributed by atoms with van der Waals surface area (Å²) in [5.41, 5.74) is 0.337. The first-order valence-corrected chi connectivity index (χ1v) is 8.36. The fraction of sp³-hybridized carbons (Fsp3) is 0.529. The molecule has 0 N–H and O–H groups in total. The highest BCUT2D eigenvalue weighted by Gasteiger charge is 2.41. The first-order chi connectivity index (χ1) is 11.6. The summed E-state index contributed by atoms with van der Waals surface area (Å²) in [5.74, 6) is 1.95. The highest BCUT2D eigenvalue weighted by molar-refractivity contribution is 6.00. The summed E-state index contributed by atoms with van der Waals surface area (Å²) in [6.07, 6.45) is 5.86. The van der Waals surface area contributed by atoms with Crippen molar-refractivity contribution in [3.63, 3.8) is 0 Å². The number of hydrogen-bond acceptors (Lipinski definition) is 6. The van der Waals surface area contributed by atoms with Gasteiger partial charge in [0.05, 0.1) is 19.0 Å². The van der Waals surface area contributed by atoms with Gasteiger partial charge in [-0.15, -0.1) is 10.2 Å². The minimum Gasteiger partial charge on any atom is -0.486 e. The average Bonchev–Trinajstić information content (AvgIpc) is 2.99. The molecule has 4 rings (SSSR count). The largest absolute Gasteiger partial charge is 0.486 e. The number of benzene rings is 1. The van der Waals surface area contributed by atoms with Crippen LogP contribution in [0.15, 0.2) is 18.2 Å². The average molecular weight is 328 g/mol. The van der Waals surface area contributed by atoms with Crippen LogP contribution >= 0.6 is 0 Å². The lowest BCUT2D eigenvalue weighted by atomic mass is 9.78. The SMILES string of the molecule is Cn1nnc(COc2ccc3c(c2)OC2(CCCCC2)CC3=O)n1. The zero-order valence-electron chi connectivity index (χ0n) is 13.7. The van der Waals surface area contributed by atoms with Crippen LogP contribution in [0.5, 0.6) is 11.5 Å². The van der Waals surface area contributed by atoms with Crippen LogP contribution in [0.1, 0.15) is 54.7 Å². The van der Waals surface area contributed by atoms with E-state index in [9.17, 15) is 4.79 Å². The Balaban J connectivity index is 1.53. The van der Waals surface area contributed by atoms with Gasteiger partial charge in [-0.05, 0) is 43.0 Å². The molecular weight excluding hydrogens is 308 g/mol. The van der Waals surface area contributed by atoms with Crippen molar-refractivity contribution >= 4 is 5.78 Å². The molecule has 1 aliphatic carbocycles. The van der Waals surface area contributed by atoms with Gasteiger partial charge in [0.2, 0.25) is 5.82 Å². The number of ether oxygens (including phenoxy) is 2. The Labute approximate surface area is 139 Å². The highest BCUT2D eigenvalue weighted by Crippen LogP contribution is 2.42. The van der Waals surface area contributed by atoms with E-state index in [1.807, 2.05) is 0 Å². The van der Waals surface area contributed by atoms with Crippen molar-refractivity contribution in [1.29, 1.82) is 0 Å². The van der Waals surface area contributed by atoms with Crippen LogP contribution in [0.25, 0.3) is 0 Å². The summed E-state index contributed by atoms with van der Waals surface area (Å²) in [6.45, 7) is 0.228. The number of rotatable bonds is 3. The van der Waals surface area contributed by atoms with Gasteiger partial charge in [0.25, 0.3) is 0 Å². The molecule has 0 amide bonds. The fourth-order valence-electron chi connectivity index (χ4n) is 3.57. The Bertz CT molecular complexity index is 765. The van der Waals surface area contributed by atoms with Crippen molar-refractivity contribution in [2.75, 3.05) is 0 Å². The second kappa shape index (κ2) is 5.89. The van der Waals surface area contributed by atoms with Gasteiger partial charge in [0.1, 0.15) is 17.1 Å². The van der Waals surface area contributed by atoms with E-state index in [1.165, 1.54) is 11.2 Å². The van der Waals surface area contributed by atoms with Crippen LogP contribution in [0, 0.1) is 0 Å². The number of carbonyl (C=O) groups excluding carboxylic acids is 1. The maximum absolute atomic E-state index is 12.5. The third-order valence-electron chi connectivity index (χ3n) is 4.75. The molecule has 7 heteroatoms. The molecule has 0 saturated heterocycles. The van der Waals surface area contributed by atoms with E-state index in [1.54, 1.807) is 25.2 Å². The zero-order chi connectivity index (χ0) is 16.6. The van der Waals surface area contributed by atoms with Crippen LogP contribution in [0.2, 0.25) is 0 Å². The van der Waals surface area contributed by atoms with E-state index in [0.29, 0.717) is 29.3 Å². The van der Waals surface area contributed by atoms with E-state index in [2.05, 4.69) is 15.4 Å². The summed E-state index contributed by atoms with van der Waals surface area (Å²) in [4.78, 5) is 13.9. The Kier molecular flexibility index (Phi) is 3.70. The lowest BCUT2D eigenvalue weighted by molar-refractivity contribution is 0.0134. The first-order valence-electron chi connectivity index (χ1n) is 8.36. The summed E-state index contributed by atoms with van der Waals surface area (Å²) in [7, 11) is 1.71. The van der Waals surface area contributed by atoms with Gasteiger partial charge in [-0.3, -0.25) is 4.79 Å². The molecule has 0 unspecified atom stereocenters. The summed E-state index contributed by atoms with van der Waals surface area (Å²) >= 11 is 0. The number of fused-ring (bicyclic) bond motifs is 1. The number of ketones is 1. The Hall–Kier alpha value is -2.44. The van der Waals surface area contributed by atoms with Gasteiger partial charge in [0.15, 0.2) is 12.4 Å². The molecule has 0 atom stereocenters. The van der Waals surface area contributed by atoms with E-state index in [0.717, 1.165) is 25.7 Å². The molecule has 1 saturated carbocycles. The summed E-state index contributed by atoms with van der Waals surface area (Å²) in [5, 5.41) is 11.7.